The van der Waals surface area contributed by atoms with Gasteiger partial charge in [0.2, 0.25) is 5.88 Å². The number of hydrogen-bond donors (Lipinski definition) is 1. The van der Waals surface area contributed by atoms with E-state index in [2.05, 4.69) is 22.1 Å². The number of aromatic nitrogens is 1. The van der Waals surface area contributed by atoms with Crippen LogP contribution in [0.4, 0.5) is 0 Å². The van der Waals surface area contributed by atoms with Crippen LogP contribution in [0.3, 0.4) is 0 Å². The van der Waals surface area contributed by atoms with Crippen LogP contribution in [0, 0.1) is 5.92 Å². The Morgan fingerprint density at radius 2 is 2.07 bits per heavy atom. The highest BCUT2D eigenvalue weighted by Crippen LogP contribution is 2.29. The molecule has 2 saturated heterocycles. The van der Waals surface area contributed by atoms with Gasteiger partial charge in [0.25, 0.3) is 5.91 Å². The third-order valence-electron chi connectivity index (χ3n) is 5.81. The fourth-order valence-corrected chi connectivity index (χ4v) is 3.82. The second kappa shape index (κ2) is 10.1. The van der Waals surface area contributed by atoms with Crippen molar-refractivity contribution < 1.29 is 14.3 Å². The molecule has 1 atom stereocenters. The number of guanidine groups is 1. The Morgan fingerprint density at radius 3 is 2.77 bits per heavy atom. The average molecular weight is 416 g/mol. The lowest BCUT2D eigenvalue weighted by Gasteiger charge is -2.37. The summed E-state index contributed by atoms with van der Waals surface area (Å²) in [7, 11) is 0. The van der Waals surface area contributed by atoms with Gasteiger partial charge in [0.1, 0.15) is 6.10 Å². The maximum atomic E-state index is 12.6. The number of nitrogens with zero attached hydrogens (tertiary/aromatic N) is 4. The van der Waals surface area contributed by atoms with E-state index < -0.39 is 0 Å². The first-order valence-corrected chi connectivity index (χ1v) is 11.2. The maximum Gasteiger partial charge on any atom is 0.251 e. The molecule has 8 heteroatoms. The Bertz CT molecular complexity index is 738. The van der Waals surface area contributed by atoms with E-state index in [4.69, 9.17) is 14.5 Å². The molecule has 1 N–H and O–H groups in total. The van der Waals surface area contributed by atoms with Crippen molar-refractivity contribution in [3.8, 4) is 5.88 Å². The Kier molecular flexibility index (Phi) is 7.04. The van der Waals surface area contributed by atoms with E-state index in [1.54, 1.807) is 6.20 Å². The van der Waals surface area contributed by atoms with E-state index in [9.17, 15) is 4.79 Å². The largest absolute Gasteiger partial charge is 0.477 e. The Morgan fingerprint density at radius 1 is 1.27 bits per heavy atom. The highest BCUT2D eigenvalue weighted by molar-refractivity contribution is 5.82. The van der Waals surface area contributed by atoms with Crippen molar-refractivity contribution >= 4 is 11.9 Å². The van der Waals surface area contributed by atoms with Gasteiger partial charge in [-0.05, 0) is 50.2 Å². The van der Waals surface area contributed by atoms with Crippen molar-refractivity contribution in [2.24, 2.45) is 10.9 Å². The zero-order valence-electron chi connectivity index (χ0n) is 17.9. The fraction of sp³-hybridized carbons (Fsp3) is 0.682. The predicted molar refractivity (Wildman–Crippen MR) is 114 cm³/mol. The molecule has 8 nitrogen and oxygen atoms in total. The first kappa shape index (κ1) is 20.9. The van der Waals surface area contributed by atoms with E-state index >= 15 is 0 Å². The van der Waals surface area contributed by atoms with Crippen LogP contribution >= 0.6 is 0 Å². The van der Waals surface area contributed by atoms with Crippen LogP contribution in [0.5, 0.6) is 5.88 Å². The predicted octanol–water partition coefficient (Wildman–Crippen LogP) is 1.66. The molecule has 0 aromatic carbocycles. The van der Waals surface area contributed by atoms with Gasteiger partial charge in [0.05, 0.1) is 13.2 Å². The van der Waals surface area contributed by atoms with Gasteiger partial charge in [-0.3, -0.25) is 4.79 Å². The molecule has 0 spiro atoms. The van der Waals surface area contributed by atoms with Crippen LogP contribution in [0.25, 0.3) is 0 Å². The summed E-state index contributed by atoms with van der Waals surface area (Å²) >= 11 is 0. The highest BCUT2D eigenvalue weighted by Gasteiger charge is 2.30. The number of nitrogens with one attached hydrogen (secondary N) is 1. The van der Waals surface area contributed by atoms with Crippen LogP contribution in [-0.4, -0.2) is 78.7 Å². The molecule has 1 unspecified atom stereocenters. The molecule has 1 aliphatic carbocycles. The summed E-state index contributed by atoms with van der Waals surface area (Å²) in [6.45, 7) is 7.87. The number of carbonyl (C=O) groups is 1. The van der Waals surface area contributed by atoms with Gasteiger partial charge < -0.3 is 24.6 Å². The second-order valence-corrected chi connectivity index (χ2v) is 8.24. The van der Waals surface area contributed by atoms with E-state index in [0.29, 0.717) is 38.0 Å². The molecule has 3 fully saturated rings. The Labute approximate surface area is 178 Å². The lowest BCUT2D eigenvalue weighted by atomic mass is 10.2. The molecule has 1 amide bonds. The third-order valence-corrected chi connectivity index (χ3v) is 5.81. The quantitative estimate of drug-likeness (QED) is 0.539. The summed E-state index contributed by atoms with van der Waals surface area (Å²) in [4.78, 5) is 25.9. The van der Waals surface area contributed by atoms with E-state index in [1.165, 1.54) is 12.8 Å². The number of rotatable bonds is 7. The molecule has 2 aliphatic heterocycles. The van der Waals surface area contributed by atoms with Crippen molar-refractivity contribution in [2.45, 2.75) is 45.3 Å². The monoisotopic (exact) mass is 415 g/mol. The van der Waals surface area contributed by atoms with Gasteiger partial charge in [-0.2, -0.15) is 0 Å². The summed E-state index contributed by atoms with van der Waals surface area (Å²) < 4.78 is 11.3. The minimum absolute atomic E-state index is 0.143. The van der Waals surface area contributed by atoms with Crippen LogP contribution in [-0.2, 0) is 16.1 Å². The number of piperazine rings is 1. The van der Waals surface area contributed by atoms with Gasteiger partial charge in [-0.25, -0.2) is 9.98 Å². The van der Waals surface area contributed by atoms with Crippen molar-refractivity contribution in [2.75, 3.05) is 45.9 Å². The Balaban J connectivity index is 1.31. The van der Waals surface area contributed by atoms with Crippen LogP contribution in [0.2, 0.25) is 0 Å². The molecule has 3 aliphatic rings. The second-order valence-electron chi connectivity index (χ2n) is 8.24. The normalized spacial score (nSPS) is 22.3. The van der Waals surface area contributed by atoms with Crippen LogP contribution < -0.4 is 10.1 Å². The van der Waals surface area contributed by atoms with Crippen molar-refractivity contribution in [3.63, 3.8) is 0 Å². The molecule has 4 rings (SSSR count). The summed E-state index contributed by atoms with van der Waals surface area (Å²) in [5.74, 6) is 2.42. The number of carbonyl (C=O) groups excluding carboxylic acids is 1. The molecular weight excluding hydrogens is 382 g/mol. The van der Waals surface area contributed by atoms with Gasteiger partial charge in [0, 0.05) is 51.6 Å². The molecule has 1 aromatic rings. The molecule has 3 heterocycles. The standard InChI is InChI=1S/C22H33N5O3/c1-2-23-22(25-15-18-7-8-24-20(14-18)30-16-17-5-6-17)27-11-9-26(10-12-27)21(28)19-4-3-13-29-19/h7-8,14,17,19H,2-6,9-13,15-16H2,1H3,(H,23,25). The van der Waals surface area contributed by atoms with E-state index in [-0.39, 0.29) is 12.0 Å². The SMILES string of the molecule is CCNC(=NCc1ccnc(OCC2CC2)c1)N1CCN(C(=O)C2CCCO2)CC1. The minimum atomic E-state index is -0.235. The summed E-state index contributed by atoms with van der Waals surface area (Å²) in [5.41, 5.74) is 1.08. The van der Waals surface area contributed by atoms with Gasteiger partial charge >= 0.3 is 0 Å². The van der Waals surface area contributed by atoms with Crippen LogP contribution in [0.1, 0.15) is 38.2 Å². The molecule has 164 valence electrons. The van der Waals surface area contributed by atoms with E-state index in [1.807, 2.05) is 17.0 Å². The summed E-state index contributed by atoms with van der Waals surface area (Å²) in [5, 5.41) is 3.39. The zero-order valence-corrected chi connectivity index (χ0v) is 17.9. The number of hydrogen-bond acceptors (Lipinski definition) is 5. The number of aliphatic imine (C=N–C) groups is 1. The third kappa shape index (κ3) is 5.62. The van der Waals surface area contributed by atoms with Gasteiger partial charge in [-0.15, -0.1) is 0 Å². The number of ether oxygens (including phenoxy) is 2. The first-order chi connectivity index (χ1) is 14.7. The molecule has 1 saturated carbocycles. The summed E-state index contributed by atoms with van der Waals surface area (Å²) in [6.07, 6.45) is 5.92. The number of amides is 1. The fourth-order valence-electron chi connectivity index (χ4n) is 3.82. The lowest BCUT2D eigenvalue weighted by molar-refractivity contribution is -0.142. The van der Waals surface area contributed by atoms with Gasteiger partial charge in [0.15, 0.2) is 5.96 Å². The molecule has 30 heavy (non-hydrogen) atoms. The summed E-state index contributed by atoms with van der Waals surface area (Å²) in [6, 6.07) is 3.96. The van der Waals surface area contributed by atoms with Crippen molar-refractivity contribution in [3.05, 3.63) is 23.9 Å². The zero-order chi connectivity index (χ0) is 20.8. The van der Waals surface area contributed by atoms with Crippen LogP contribution in [0.15, 0.2) is 23.3 Å². The smallest absolute Gasteiger partial charge is 0.251 e. The average Bonchev–Trinajstić information content (AvgIpc) is 3.46. The highest BCUT2D eigenvalue weighted by atomic mass is 16.5. The topological polar surface area (TPSA) is 79.3 Å². The van der Waals surface area contributed by atoms with Crippen molar-refractivity contribution in [1.29, 1.82) is 0 Å². The first-order valence-electron chi connectivity index (χ1n) is 11.2. The molecule has 0 bridgehead atoms. The van der Waals surface area contributed by atoms with Crippen molar-refractivity contribution in [1.82, 2.24) is 20.1 Å². The minimum Gasteiger partial charge on any atom is -0.477 e. The van der Waals surface area contributed by atoms with E-state index in [0.717, 1.165) is 50.6 Å². The molecule has 1 aromatic heterocycles. The number of pyridine rings is 1. The molecular formula is C22H33N5O3. The van der Waals surface area contributed by atoms with Gasteiger partial charge in [-0.1, -0.05) is 0 Å². The maximum absolute atomic E-state index is 12.6. The lowest BCUT2D eigenvalue weighted by Crippen LogP contribution is -2.55. The Hall–Kier alpha value is -2.35. The molecule has 0 radical (unpaired) electrons.